The van der Waals surface area contributed by atoms with Gasteiger partial charge in [-0.05, 0) is 70.6 Å². The molecular weight excluding hydrogens is 961 g/mol. The lowest BCUT2D eigenvalue weighted by atomic mass is 10.0. The van der Waals surface area contributed by atoms with Crippen molar-refractivity contribution in [2.45, 2.75) is 406 Å². The summed E-state index contributed by atoms with van der Waals surface area (Å²) in [5, 5.41) is 0. The second kappa shape index (κ2) is 67.4. The second-order valence-corrected chi connectivity index (χ2v) is 24.1. The Labute approximate surface area is 487 Å². The van der Waals surface area contributed by atoms with Crippen LogP contribution in [0.1, 0.15) is 400 Å². The molecule has 460 valence electrons. The molecule has 0 saturated heterocycles. The van der Waals surface area contributed by atoms with Crippen molar-refractivity contribution in [2.75, 3.05) is 13.2 Å². The van der Waals surface area contributed by atoms with Crippen molar-refractivity contribution in [3.63, 3.8) is 0 Å². The summed E-state index contributed by atoms with van der Waals surface area (Å²) in [4.78, 5) is 38.4. The number of carbonyl (C=O) groups excluding carboxylic acids is 3. The fourth-order valence-corrected chi connectivity index (χ4v) is 10.8. The molecule has 0 spiro atoms. The van der Waals surface area contributed by atoms with Crippen LogP contribution in [-0.2, 0) is 28.6 Å². The molecule has 0 fully saturated rings. The summed E-state index contributed by atoms with van der Waals surface area (Å²) in [6, 6.07) is 0. The summed E-state index contributed by atoms with van der Waals surface area (Å²) >= 11 is 0. The van der Waals surface area contributed by atoms with Crippen molar-refractivity contribution >= 4 is 17.9 Å². The maximum atomic E-state index is 12.9. The van der Waals surface area contributed by atoms with Gasteiger partial charge in [-0.1, -0.05) is 334 Å². The van der Waals surface area contributed by atoms with E-state index in [0.29, 0.717) is 19.3 Å². The van der Waals surface area contributed by atoms with Gasteiger partial charge in [-0.25, -0.2) is 0 Å². The lowest BCUT2D eigenvalue weighted by molar-refractivity contribution is -0.167. The minimum Gasteiger partial charge on any atom is -0.462 e. The minimum atomic E-state index is -0.771. The van der Waals surface area contributed by atoms with Crippen LogP contribution < -0.4 is 0 Å². The predicted octanol–water partition coefficient (Wildman–Crippen LogP) is 24.2. The van der Waals surface area contributed by atoms with Crippen LogP contribution >= 0.6 is 0 Å². The van der Waals surface area contributed by atoms with Gasteiger partial charge in [-0.15, -0.1) is 0 Å². The van der Waals surface area contributed by atoms with E-state index in [-0.39, 0.29) is 31.1 Å². The van der Waals surface area contributed by atoms with Gasteiger partial charge in [0, 0.05) is 19.3 Å². The molecule has 0 amide bonds. The minimum absolute atomic E-state index is 0.0668. The van der Waals surface area contributed by atoms with Crippen LogP contribution in [-0.4, -0.2) is 37.2 Å². The molecule has 6 heteroatoms. The Balaban J connectivity index is 4.23. The van der Waals surface area contributed by atoms with Gasteiger partial charge in [0.1, 0.15) is 13.2 Å². The molecule has 0 aromatic heterocycles. The number of allylic oxidation sites excluding steroid dienone is 4. The molecule has 1 atom stereocenters. The Kier molecular flexibility index (Phi) is 65.6. The second-order valence-electron chi connectivity index (χ2n) is 24.1. The average Bonchev–Trinajstić information content (AvgIpc) is 3.44. The van der Waals surface area contributed by atoms with Crippen LogP contribution in [0.25, 0.3) is 0 Å². The molecule has 0 saturated carbocycles. The first-order valence-electron chi connectivity index (χ1n) is 35.3. The Morgan fingerprint density at radius 3 is 0.641 bits per heavy atom. The molecule has 0 aliphatic carbocycles. The molecule has 0 heterocycles. The number of esters is 3. The fourth-order valence-electron chi connectivity index (χ4n) is 10.8. The lowest BCUT2D eigenvalue weighted by Gasteiger charge is -2.18. The van der Waals surface area contributed by atoms with E-state index in [9.17, 15) is 14.4 Å². The summed E-state index contributed by atoms with van der Waals surface area (Å²) in [6.07, 6.45) is 82.0. The third-order valence-corrected chi connectivity index (χ3v) is 16.2. The number of hydrogen-bond donors (Lipinski definition) is 0. The van der Waals surface area contributed by atoms with Gasteiger partial charge < -0.3 is 14.2 Å². The SMILES string of the molecule is CCCCCCCCC/C=C\CCCCCCCCCC(=O)OC(COC(=O)CCCCCCCCCCCCCCCCC)COC(=O)CCCCCCCCCCCCCCCCC/C=C\CCCCCCCCCC. The zero-order valence-corrected chi connectivity index (χ0v) is 53.0. The van der Waals surface area contributed by atoms with E-state index in [1.807, 2.05) is 0 Å². The molecular formula is C72H136O6. The number of carbonyl (C=O) groups is 3. The molecule has 6 nitrogen and oxygen atoms in total. The quantitative estimate of drug-likeness (QED) is 0.0261. The standard InChI is InChI=1S/C72H136O6/c1-4-7-10-13-16-19-22-25-28-30-32-33-34-35-36-37-38-39-40-42-44-47-50-53-56-59-62-65-71(74)77-68-69(67-76-70(73)64-61-58-55-52-49-46-43-27-24-21-18-15-12-9-6-3)78-72(75)66-63-60-57-54-51-48-45-41-31-29-26-23-20-17-14-11-8-5-2/h29-32,69H,4-28,33-68H2,1-3H3/b31-29-,32-30-. The molecule has 0 N–H and O–H groups in total. The molecule has 0 aromatic rings. The van der Waals surface area contributed by atoms with Gasteiger partial charge in [0.2, 0.25) is 0 Å². The number of unbranched alkanes of at least 4 members (excludes halogenated alkanes) is 51. The Bertz CT molecular complexity index is 1260. The largest absolute Gasteiger partial charge is 0.462 e. The van der Waals surface area contributed by atoms with Crippen LogP contribution in [0.3, 0.4) is 0 Å². The van der Waals surface area contributed by atoms with Gasteiger partial charge in [-0.3, -0.25) is 14.4 Å². The van der Waals surface area contributed by atoms with Gasteiger partial charge in [0.05, 0.1) is 0 Å². The molecule has 0 aliphatic rings. The van der Waals surface area contributed by atoms with Crippen LogP contribution in [0.15, 0.2) is 24.3 Å². The first kappa shape index (κ1) is 75.9. The smallest absolute Gasteiger partial charge is 0.306 e. The van der Waals surface area contributed by atoms with E-state index in [4.69, 9.17) is 14.2 Å². The first-order valence-corrected chi connectivity index (χ1v) is 35.3. The van der Waals surface area contributed by atoms with E-state index in [1.54, 1.807) is 0 Å². The van der Waals surface area contributed by atoms with Crippen molar-refractivity contribution in [2.24, 2.45) is 0 Å². The summed E-state index contributed by atoms with van der Waals surface area (Å²) in [5.74, 6) is -0.839. The Morgan fingerprint density at radius 2 is 0.423 bits per heavy atom. The van der Waals surface area contributed by atoms with Gasteiger partial charge >= 0.3 is 17.9 Å². The third-order valence-electron chi connectivity index (χ3n) is 16.2. The Morgan fingerprint density at radius 1 is 0.244 bits per heavy atom. The van der Waals surface area contributed by atoms with Gasteiger partial charge in [0.15, 0.2) is 6.10 Å². The van der Waals surface area contributed by atoms with Crippen LogP contribution in [0.2, 0.25) is 0 Å². The van der Waals surface area contributed by atoms with E-state index in [1.165, 1.54) is 302 Å². The van der Waals surface area contributed by atoms with E-state index in [0.717, 1.165) is 57.8 Å². The number of ether oxygens (including phenoxy) is 3. The monoisotopic (exact) mass is 1100 g/mol. The van der Waals surface area contributed by atoms with Crippen molar-refractivity contribution < 1.29 is 28.6 Å². The molecule has 78 heavy (non-hydrogen) atoms. The van der Waals surface area contributed by atoms with Crippen molar-refractivity contribution in [3.05, 3.63) is 24.3 Å². The summed E-state index contributed by atoms with van der Waals surface area (Å²) in [5.41, 5.74) is 0. The van der Waals surface area contributed by atoms with E-state index >= 15 is 0 Å². The summed E-state index contributed by atoms with van der Waals surface area (Å²) < 4.78 is 17.0. The molecule has 0 rings (SSSR count). The molecule has 1 unspecified atom stereocenters. The maximum Gasteiger partial charge on any atom is 0.306 e. The zero-order chi connectivity index (χ0) is 56.4. The highest BCUT2D eigenvalue weighted by molar-refractivity contribution is 5.71. The van der Waals surface area contributed by atoms with E-state index in [2.05, 4.69) is 45.1 Å². The lowest BCUT2D eigenvalue weighted by Crippen LogP contribution is -2.30. The van der Waals surface area contributed by atoms with Crippen LogP contribution in [0.4, 0.5) is 0 Å². The van der Waals surface area contributed by atoms with E-state index < -0.39 is 6.10 Å². The fraction of sp³-hybridized carbons (Fsp3) is 0.903. The normalized spacial score (nSPS) is 12.1. The van der Waals surface area contributed by atoms with Gasteiger partial charge in [0.25, 0.3) is 0 Å². The first-order chi connectivity index (χ1) is 38.5. The molecule has 0 radical (unpaired) electrons. The third kappa shape index (κ3) is 64.7. The summed E-state index contributed by atoms with van der Waals surface area (Å²) in [7, 11) is 0. The number of hydrogen-bond acceptors (Lipinski definition) is 6. The van der Waals surface area contributed by atoms with Crippen molar-refractivity contribution in [3.8, 4) is 0 Å². The topological polar surface area (TPSA) is 78.9 Å². The summed E-state index contributed by atoms with van der Waals surface area (Å²) in [6.45, 7) is 6.71. The number of rotatable bonds is 66. The van der Waals surface area contributed by atoms with Crippen molar-refractivity contribution in [1.82, 2.24) is 0 Å². The van der Waals surface area contributed by atoms with Crippen LogP contribution in [0, 0.1) is 0 Å². The van der Waals surface area contributed by atoms with Gasteiger partial charge in [-0.2, -0.15) is 0 Å². The molecule has 0 aromatic carbocycles. The average molecular weight is 1100 g/mol. The van der Waals surface area contributed by atoms with Crippen LogP contribution in [0.5, 0.6) is 0 Å². The highest BCUT2D eigenvalue weighted by atomic mass is 16.6. The molecule has 0 aliphatic heterocycles. The zero-order valence-electron chi connectivity index (χ0n) is 53.0. The highest BCUT2D eigenvalue weighted by Crippen LogP contribution is 2.18. The molecule has 0 bridgehead atoms. The predicted molar refractivity (Wildman–Crippen MR) is 340 cm³/mol. The highest BCUT2D eigenvalue weighted by Gasteiger charge is 2.19. The maximum absolute atomic E-state index is 12.9. The Hall–Kier alpha value is -2.11. The van der Waals surface area contributed by atoms with Crippen molar-refractivity contribution in [1.29, 1.82) is 0 Å².